The molecule has 0 fully saturated rings. The number of hydrogen-bond donors (Lipinski definition) is 0. The molecule has 0 aliphatic carbocycles. The van der Waals surface area contributed by atoms with Crippen molar-refractivity contribution in [3.8, 4) is 0 Å². The molecule has 7 heteroatoms. The average molecular weight is 284 g/mol. The first-order valence-corrected chi connectivity index (χ1v) is 5.63. The monoisotopic (exact) mass is 283 g/mol. The maximum atomic E-state index is 12.9. The van der Waals surface area contributed by atoms with Crippen LogP contribution in [0.25, 0.3) is 0 Å². The Morgan fingerprint density at radius 3 is 2.71 bits per heavy atom. The van der Waals surface area contributed by atoms with Crippen molar-refractivity contribution < 1.29 is 18.3 Å². The number of pyridine rings is 1. The van der Waals surface area contributed by atoms with Crippen molar-refractivity contribution >= 4 is 29.2 Å². The largest absolute Gasteiger partial charge is 0.461 e. The van der Waals surface area contributed by atoms with E-state index in [0.29, 0.717) is 0 Å². The molecule has 0 atom stereocenters. The standard InChI is InChI=1S/C10H9Cl2F2NO2/c1-2-17-10(16)8-7(9(13)14)5(4-11)3-6(12)15-8/h3,9H,2,4H2,1H3. The molecule has 0 N–H and O–H groups in total. The lowest BCUT2D eigenvalue weighted by atomic mass is 10.1. The Labute approximate surface area is 107 Å². The predicted octanol–water partition coefficient (Wildman–Crippen LogP) is 3.59. The van der Waals surface area contributed by atoms with Gasteiger partial charge in [-0.15, -0.1) is 11.6 Å². The molecule has 1 aromatic heterocycles. The maximum absolute atomic E-state index is 12.9. The molecule has 1 heterocycles. The molecule has 0 radical (unpaired) electrons. The molecule has 0 bridgehead atoms. The second kappa shape index (κ2) is 6.12. The molecule has 0 aliphatic rings. The highest BCUT2D eigenvalue weighted by Crippen LogP contribution is 2.29. The third-order valence-corrected chi connectivity index (χ3v) is 2.43. The van der Waals surface area contributed by atoms with Crippen molar-refractivity contribution in [2.24, 2.45) is 0 Å². The van der Waals surface area contributed by atoms with E-state index in [1.807, 2.05) is 0 Å². The minimum atomic E-state index is -2.87. The Morgan fingerprint density at radius 2 is 2.24 bits per heavy atom. The van der Waals surface area contributed by atoms with E-state index in [-0.39, 0.29) is 23.2 Å². The molecule has 94 valence electrons. The molecule has 0 saturated heterocycles. The average Bonchev–Trinajstić information content (AvgIpc) is 2.27. The number of carbonyl (C=O) groups is 1. The summed E-state index contributed by atoms with van der Waals surface area (Å²) in [7, 11) is 0. The van der Waals surface area contributed by atoms with Crippen LogP contribution >= 0.6 is 23.2 Å². The van der Waals surface area contributed by atoms with E-state index in [0.717, 1.165) is 0 Å². The number of nitrogens with zero attached hydrogens (tertiary/aromatic N) is 1. The molecular formula is C10H9Cl2F2NO2. The van der Waals surface area contributed by atoms with Gasteiger partial charge in [0, 0.05) is 5.88 Å². The fourth-order valence-corrected chi connectivity index (χ4v) is 1.72. The van der Waals surface area contributed by atoms with Crippen molar-refractivity contribution in [1.82, 2.24) is 4.98 Å². The van der Waals surface area contributed by atoms with Crippen molar-refractivity contribution in [3.63, 3.8) is 0 Å². The first kappa shape index (κ1) is 14.1. The normalized spacial score (nSPS) is 10.7. The lowest BCUT2D eigenvalue weighted by Gasteiger charge is -2.11. The second-order valence-electron chi connectivity index (χ2n) is 3.02. The van der Waals surface area contributed by atoms with Gasteiger partial charge in [-0.2, -0.15) is 0 Å². The maximum Gasteiger partial charge on any atom is 0.357 e. The molecule has 0 spiro atoms. The van der Waals surface area contributed by atoms with Crippen LogP contribution in [-0.4, -0.2) is 17.6 Å². The third-order valence-electron chi connectivity index (χ3n) is 1.94. The first-order chi connectivity index (χ1) is 8.01. The Hall–Kier alpha value is -0.940. The smallest absolute Gasteiger partial charge is 0.357 e. The first-order valence-electron chi connectivity index (χ1n) is 4.71. The molecule has 0 unspecified atom stereocenters. The van der Waals surface area contributed by atoms with Crippen LogP contribution in [0.1, 0.15) is 35.0 Å². The molecule has 1 rings (SSSR count). The second-order valence-corrected chi connectivity index (χ2v) is 3.68. The predicted molar refractivity (Wildman–Crippen MR) is 59.7 cm³/mol. The number of ether oxygens (including phenoxy) is 1. The van der Waals surface area contributed by atoms with Gasteiger partial charge in [-0.1, -0.05) is 11.6 Å². The Balaban J connectivity index is 3.35. The number of aromatic nitrogens is 1. The summed E-state index contributed by atoms with van der Waals surface area (Å²) in [5, 5.41) is -0.0758. The third kappa shape index (κ3) is 3.26. The summed E-state index contributed by atoms with van der Waals surface area (Å²) in [6, 6.07) is 1.21. The molecule has 1 aromatic rings. The Bertz CT molecular complexity index is 427. The number of alkyl halides is 3. The molecule has 0 saturated carbocycles. The van der Waals surface area contributed by atoms with Gasteiger partial charge in [-0.3, -0.25) is 0 Å². The van der Waals surface area contributed by atoms with E-state index in [1.165, 1.54) is 6.07 Å². The van der Waals surface area contributed by atoms with Crippen LogP contribution in [0, 0.1) is 0 Å². The van der Waals surface area contributed by atoms with Crippen LogP contribution < -0.4 is 0 Å². The molecule has 0 aliphatic heterocycles. The lowest BCUT2D eigenvalue weighted by molar-refractivity contribution is 0.0507. The van der Waals surface area contributed by atoms with E-state index in [9.17, 15) is 13.6 Å². The van der Waals surface area contributed by atoms with Crippen LogP contribution in [-0.2, 0) is 10.6 Å². The topological polar surface area (TPSA) is 39.2 Å². The van der Waals surface area contributed by atoms with Crippen molar-refractivity contribution in [1.29, 1.82) is 0 Å². The van der Waals surface area contributed by atoms with Gasteiger partial charge in [0.25, 0.3) is 6.43 Å². The molecular weight excluding hydrogens is 275 g/mol. The number of halogens is 4. The van der Waals surface area contributed by atoms with E-state index < -0.39 is 23.7 Å². The van der Waals surface area contributed by atoms with Gasteiger partial charge in [0.2, 0.25) is 0 Å². The van der Waals surface area contributed by atoms with E-state index in [2.05, 4.69) is 9.72 Å². The van der Waals surface area contributed by atoms with E-state index in [1.54, 1.807) is 6.92 Å². The molecule has 3 nitrogen and oxygen atoms in total. The summed E-state index contributed by atoms with van der Waals surface area (Å²) in [5.41, 5.74) is -0.933. The van der Waals surface area contributed by atoms with Gasteiger partial charge in [0.1, 0.15) is 5.15 Å². The summed E-state index contributed by atoms with van der Waals surface area (Å²) in [6.07, 6.45) is -2.87. The summed E-state index contributed by atoms with van der Waals surface area (Å²) in [4.78, 5) is 15.0. The van der Waals surface area contributed by atoms with Crippen molar-refractivity contribution in [2.45, 2.75) is 19.2 Å². The summed E-state index contributed by atoms with van der Waals surface area (Å²) < 4.78 is 30.4. The zero-order chi connectivity index (χ0) is 13.0. The van der Waals surface area contributed by atoms with Gasteiger partial charge in [-0.05, 0) is 18.6 Å². The quantitative estimate of drug-likeness (QED) is 0.482. The van der Waals surface area contributed by atoms with Crippen LogP contribution in [0.3, 0.4) is 0 Å². The van der Waals surface area contributed by atoms with Gasteiger partial charge in [-0.25, -0.2) is 18.6 Å². The minimum absolute atomic E-state index is 0.0614. The molecule has 17 heavy (non-hydrogen) atoms. The van der Waals surface area contributed by atoms with Crippen molar-refractivity contribution in [3.05, 3.63) is 28.0 Å². The summed E-state index contributed by atoms with van der Waals surface area (Å²) in [6.45, 7) is 1.62. The van der Waals surface area contributed by atoms with E-state index >= 15 is 0 Å². The highest BCUT2D eigenvalue weighted by atomic mass is 35.5. The zero-order valence-corrected chi connectivity index (χ0v) is 10.4. The van der Waals surface area contributed by atoms with Gasteiger partial charge in [0.15, 0.2) is 5.69 Å². The SMILES string of the molecule is CCOC(=O)c1nc(Cl)cc(CCl)c1C(F)F. The number of rotatable bonds is 4. The number of esters is 1. The number of hydrogen-bond acceptors (Lipinski definition) is 3. The van der Waals surface area contributed by atoms with Crippen LogP contribution in [0.15, 0.2) is 6.07 Å². The van der Waals surface area contributed by atoms with Gasteiger partial charge < -0.3 is 4.74 Å². The zero-order valence-electron chi connectivity index (χ0n) is 8.84. The van der Waals surface area contributed by atoms with Crippen LogP contribution in [0.2, 0.25) is 5.15 Å². The van der Waals surface area contributed by atoms with Crippen LogP contribution in [0.4, 0.5) is 8.78 Å². The lowest BCUT2D eigenvalue weighted by Crippen LogP contribution is -2.13. The van der Waals surface area contributed by atoms with Crippen LogP contribution in [0.5, 0.6) is 0 Å². The molecule has 0 amide bonds. The fourth-order valence-electron chi connectivity index (χ4n) is 1.28. The molecule has 0 aromatic carbocycles. The Kier molecular flexibility index (Phi) is 5.08. The highest BCUT2D eigenvalue weighted by Gasteiger charge is 2.25. The summed E-state index contributed by atoms with van der Waals surface area (Å²) in [5.74, 6) is -1.12. The Morgan fingerprint density at radius 1 is 1.59 bits per heavy atom. The van der Waals surface area contributed by atoms with E-state index in [4.69, 9.17) is 23.2 Å². The highest BCUT2D eigenvalue weighted by molar-refractivity contribution is 6.29. The van der Waals surface area contributed by atoms with Gasteiger partial charge in [0.05, 0.1) is 12.2 Å². The van der Waals surface area contributed by atoms with Crippen molar-refractivity contribution in [2.75, 3.05) is 6.61 Å². The summed E-state index contributed by atoms with van der Waals surface area (Å²) >= 11 is 11.2. The number of carbonyl (C=O) groups excluding carboxylic acids is 1. The fraction of sp³-hybridized carbons (Fsp3) is 0.400. The van der Waals surface area contributed by atoms with Gasteiger partial charge >= 0.3 is 5.97 Å². The minimum Gasteiger partial charge on any atom is -0.461 e.